The number of nitrogens with one attached hydrogen (secondary N) is 1. The number of aryl methyl sites for hydroxylation is 1. The van der Waals surface area contributed by atoms with Crippen molar-refractivity contribution in [3.63, 3.8) is 0 Å². The van der Waals surface area contributed by atoms with Crippen LogP contribution in [0.5, 0.6) is 0 Å². The number of ether oxygens (including phenoxy) is 1. The van der Waals surface area contributed by atoms with E-state index in [1.165, 1.54) is 28.2 Å². The molecule has 8 heteroatoms. The van der Waals surface area contributed by atoms with Gasteiger partial charge in [-0.1, -0.05) is 11.6 Å². The highest BCUT2D eigenvalue weighted by atomic mass is 35.5. The van der Waals surface area contributed by atoms with Crippen LogP contribution in [0.1, 0.15) is 33.6 Å². The zero-order chi connectivity index (χ0) is 19.8. The Hall–Kier alpha value is -2.82. The number of esters is 1. The number of nitrogens with zero attached hydrogens (tertiary/aromatic N) is 2. The van der Waals surface area contributed by atoms with Gasteiger partial charge in [-0.2, -0.15) is 5.26 Å². The van der Waals surface area contributed by atoms with Gasteiger partial charge in [-0.05, 0) is 55.5 Å². The smallest absolute Gasteiger partial charge is 0.352 e. The van der Waals surface area contributed by atoms with Gasteiger partial charge < -0.3 is 10.1 Å². The number of carbonyl (C=O) groups excluding carboxylic acids is 2. The van der Waals surface area contributed by atoms with Gasteiger partial charge in [0.2, 0.25) is 0 Å². The normalized spacial score (nSPS) is 17.2. The summed E-state index contributed by atoms with van der Waals surface area (Å²) >= 11 is 7.51. The van der Waals surface area contributed by atoms with Crippen molar-refractivity contribution >= 4 is 45.5 Å². The third kappa shape index (κ3) is 2.95. The van der Waals surface area contributed by atoms with Crippen molar-refractivity contribution in [3.8, 4) is 6.07 Å². The number of methoxy groups -OCH3 is 1. The Morgan fingerprint density at radius 1 is 1.29 bits per heavy atom. The molecule has 0 spiro atoms. The van der Waals surface area contributed by atoms with E-state index in [4.69, 9.17) is 16.3 Å². The van der Waals surface area contributed by atoms with Crippen molar-refractivity contribution in [2.45, 2.75) is 25.7 Å². The van der Waals surface area contributed by atoms with E-state index >= 15 is 0 Å². The number of fused-ring (bicyclic) bond motifs is 3. The van der Waals surface area contributed by atoms with Crippen molar-refractivity contribution < 1.29 is 14.3 Å². The van der Waals surface area contributed by atoms with E-state index in [9.17, 15) is 14.9 Å². The Morgan fingerprint density at radius 2 is 2.00 bits per heavy atom. The quantitative estimate of drug-likeness (QED) is 0.452. The number of hydrogen-bond acceptors (Lipinski definition) is 6. The Balaban J connectivity index is 1.94. The molecule has 4 rings (SSSR count). The van der Waals surface area contributed by atoms with Crippen molar-refractivity contribution in [1.82, 2.24) is 0 Å². The summed E-state index contributed by atoms with van der Waals surface area (Å²) in [5.74, 6) is -0.962. The Kier molecular flexibility index (Phi) is 4.84. The second kappa shape index (κ2) is 7.30. The molecule has 0 saturated carbocycles. The van der Waals surface area contributed by atoms with E-state index in [1.54, 1.807) is 24.3 Å². The van der Waals surface area contributed by atoms with E-state index in [1.807, 2.05) is 6.07 Å². The lowest BCUT2D eigenvalue weighted by Gasteiger charge is -2.31. The monoisotopic (exact) mass is 413 g/mol. The van der Waals surface area contributed by atoms with Crippen LogP contribution in [0, 0.1) is 11.3 Å². The number of anilines is 2. The molecule has 0 radical (unpaired) electrons. The predicted molar refractivity (Wildman–Crippen MR) is 108 cm³/mol. The lowest BCUT2D eigenvalue weighted by atomic mass is 9.94. The maximum Gasteiger partial charge on any atom is 0.352 e. The summed E-state index contributed by atoms with van der Waals surface area (Å²) in [7, 11) is 1.20. The maximum atomic E-state index is 13.5. The molecule has 1 aromatic carbocycles. The van der Waals surface area contributed by atoms with Gasteiger partial charge in [0, 0.05) is 9.90 Å². The number of benzene rings is 1. The van der Waals surface area contributed by atoms with E-state index in [-0.39, 0.29) is 17.3 Å². The van der Waals surface area contributed by atoms with Crippen LogP contribution in [0.2, 0.25) is 5.02 Å². The van der Waals surface area contributed by atoms with Crippen molar-refractivity contribution in [1.29, 1.82) is 5.26 Å². The molecule has 142 valence electrons. The molecule has 1 aromatic heterocycles. The molecule has 0 unspecified atom stereocenters. The van der Waals surface area contributed by atoms with Gasteiger partial charge >= 0.3 is 5.97 Å². The molecule has 1 aliphatic carbocycles. The van der Waals surface area contributed by atoms with Crippen LogP contribution in [0.25, 0.3) is 0 Å². The molecular formula is C20H16ClN3O3S. The zero-order valence-electron chi connectivity index (χ0n) is 15.0. The minimum absolute atomic E-state index is 0.104. The van der Waals surface area contributed by atoms with Crippen molar-refractivity contribution in [3.05, 3.63) is 56.7 Å². The summed E-state index contributed by atoms with van der Waals surface area (Å²) in [6.45, 7) is 0. The molecule has 2 heterocycles. The number of nitriles is 1. The minimum atomic E-state index is -0.804. The fraction of sp³-hybridized carbons (Fsp3) is 0.250. The van der Waals surface area contributed by atoms with Crippen LogP contribution in [0.15, 0.2) is 35.7 Å². The molecule has 28 heavy (non-hydrogen) atoms. The fourth-order valence-electron chi connectivity index (χ4n) is 3.57. The second-order valence-electron chi connectivity index (χ2n) is 6.48. The molecule has 2 aromatic rings. The number of carbonyl (C=O) groups is 2. The third-order valence-corrected chi connectivity index (χ3v) is 6.33. The molecule has 0 fully saturated rings. The fourth-order valence-corrected chi connectivity index (χ4v) is 4.97. The number of hydrogen-bond donors (Lipinski definition) is 1. The van der Waals surface area contributed by atoms with Gasteiger partial charge in [-0.3, -0.25) is 9.69 Å². The average Bonchev–Trinajstić information content (AvgIpc) is 3.08. The first-order valence-corrected chi connectivity index (χ1v) is 9.99. The van der Waals surface area contributed by atoms with Crippen LogP contribution < -0.4 is 10.2 Å². The van der Waals surface area contributed by atoms with Crippen LogP contribution in [0.4, 0.5) is 10.7 Å². The SMILES string of the molecule is COC(=O)/C(C#N)=C1\Nc2sc3c(c2C(=O)N1c1ccc(Cl)cc1)CCCC3. The van der Waals surface area contributed by atoms with Gasteiger partial charge in [0.25, 0.3) is 5.91 Å². The van der Waals surface area contributed by atoms with Crippen LogP contribution in [0.3, 0.4) is 0 Å². The summed E-state index contributed by atoms with van der Waals surface area (Å²) in [6, 6.07) is 8.55. The Morgan fingerprint density at radius 3 is 2.68 bits per heavy atom. The molecule has 0 saturated heterocycles. The Labute approximate surface area is 171 Å². The first kappa shape index (κ1) is 18.5. The molecular weight excluding hydrogens is 398 g/mol. The largest absolute Gasteiger partial charge is 0.465 e. The summed E-state index contributed by atoms with van der Waals surface area (Å²) in [6.07, 6.45) is 3.92. The highest BCUT2D eigenvalue weighted by Gasteiger charge is 2.38. The number of thiophene rings is 1. The molecule has 0 bridgehead atoms. The summed E-state index contributed by atoms with van der Waals surface area (Å²) in [5, 5.41) is 13.9. The third-order valence-electron chi connectivity index (χ3n) is 4.87. The second-order valence-corrected chi connectivity index (χ2v) is 8.03. The summed E-state index contributed by atoms with van der Waals surface area (Å²) in [5.41, 5.74) is 1.94. The van der Waals surface area contributed by atoms with Gasteiger partial charge in [0.1, 0.15) is 16.9 Å². The van der Waals surface area contributed by atoms with E-state index in [0.29, 0.717) is 21.3 Å². The van der Waals surface area contributed by atoms with E-state index in [2.05, 4.69) is 5.32 Å². The predicted octanol–water partition coefficient (Wildman–Crippen LogP) is 4.26. The summed E-state index contributed by atoms with van der Waals surface area (Å²) < 4.78 is 4.75. The van der Waals surface area contributed by atoms with Crippen LogP contribution in [-0.2, 0) is 22.4 Å². The summed E-state index contributed by atoms with van der Waals surface area (Å²) in [4.78, 5) is 28.3. The maximum absolute atomic E-state index is 13.5. The Bertz CT molecular complexity index is 1050. The molecule has 1 aliphatic heterocycles. The molecule has 0 atom stereocenters. The molecule has 2 aliphatic rings. The number of rotatable bonds is 2. The topological polar surface area (TPSA) is 82.4 Å². The lowest BCUT2D eigenvalue weighted by Crippen LogP contribution is -2.40. The van der Waals surface area contributed by atoms with Crippen molar-refractivity contribution in [2.75, 3.05) is 17.3 Å². The highest BCUT2D eigenvalue weighted by Crippen LogP contribution is 2.44. The first-order valence-electron chi connectivity index (χ1n) is 8.79. The van der Waals surface area contributed by atoms with Crippen LogP contribution in [-0.4, -0.2) is 19.0 Å². The van der Waals surface area contributed by atoms with Gasteiger partial charge in [-0.25, -0.2) is 4.79 Å². The van der Waals surface area contributed by atoms with Gasteiger partial charge in [-0.15, -0.1) is 11.3 Å². The lowest BCUT2D eigenvalue weighted by molar-refractivity contribution is -0.135. The number of halogens is 1. The molecule has 1 amide bonds. The molecule has 1 N–H and O–H groups in total. The zero-order valence-corrected chi connectivity index (χ0v) is 16.6. The standard InChI is InChI=1S/C20H16ClN3O3S/c1-27-20(26)14(10-22)17-23-18-16(13-4-2-3-5-15(13)28-18)19(25)24(17)12-8-6-11(21)7-9-12/h6-9,23H,2-5H2,1H3/b17-14+. The van der Waals surface area contributed by atoms with Crippen LogP contribution >= 0.6 is 22.9 Å². The average molecular weight is 414 g/mol. The molecule has 6 nitrogen and oxygen atoms in total. The van der Waals surface area contributed by atoms with Gasteiger partial charge in [0.05, 0.1) is 18.4 Å². The van der Waals surface area contributed by atoms with Crippen molar-refractivity contribution in [2.24, 2.45) is 0 Å². The van der Waals surface area contributed by atoms with E-state index < -0.39 is 5.97 Å². The number of amides is 1. The first-order chi connectivity index (χ1) is 13.5. The van der Waals surface area contributed by atoms with Gasteiger partial charge in [0.15, 0.2) is 5.57 Å². The minimum Gasteiger partial charge on any atom is -0.465 e. The van der Waals surface area contributed by atoms with E-state index in [0.717, 1.165) is 31.2 Å². The highest BCUT2D eigenvalue weighted by molar-refractivity contribution is 7.16.